The molecule has 7 nitrogen and oxygen atoms in total. The maximum atomic E-state index is 12.2. The zero-order valence-corrected chi connectivity index (χ0v) is 13.6. The summed E-state index contributed by atoms with van der Waals surface area (Å²) in [5.74, 6) is -0.424. The number of amides is 1. The van der Waals surface area contributed by atoms with E-state index in [1.807, 2.05) is 30.3 Å². The van der Waals surface area contributed by atoms with Crippen molar-refractivity contribution >= 4 is 28.7 Å². The van der Waals surface area contributed by atoms with Crippen LogP contribution in [0.4, 0.5) is 22.7 Å². The van der Waals surface area contributed by atoms with E-state index in [0.29, 0.717) is 11.4 Å². The number of non-ortho nitro benzene ring substituents is 1. The second kappa shape index (κ2) is 7.80. The Hall–Kier alpha value is -3.87. The fourth-order valence-corrected chi connectivity index (χ4v) is 2.19. The van der Waals surface area contributed by atoms with E-state index in [4.69, 9.17) is 0 Å². The normalized spacial score (nSPS) is 10.6. The van der Waals surface area contributed by atoms with Gasteiger partial charge in [-0.2, -0.15) is 10.2 Å². The number of azo groups is 1. The Morgan fingerprint density at radius 3 is 2.15 bits per heavy atom. The van der Waals surface area contributed by atoms with Gasteiger partial charge in [-0.25, -0.2) is 0 Å². The molecule has 26 heavy (non-hydrogen) atoms. The Morgan fingerprint density at radius 1 is 0.846 bits per heavy atom. The van der Waals surface area contributed by atoms with E-state index in [2.05, 4.69) is 15.5 Å². The van der Waals surface area contributed by atoms with E-state index in [1.165, 1.54) is 24.3 Å². The number of nitrogens with one attached hydrogen (secondary N) is 1. The molecule has 1 N–H and O–H groups in total. The van der Waals surface area contributed by atoms with Gasteiger partial charge in [0, 0.05) is 23.4 Å². The van der Waals surface area contributed by atoms with Crippen LogP contribution in [0.2, 0.25) is 0 Å². The molecular formula is C19H14N4O3. The van der Waals surface area contributed by atoms with Gasteiger partial charge in [0.25, 0.3) is 11.6 Å². The van der Waals surface area contributed by atoms with Crippen molar-refractivity contribution in [2.45, 2.75) is 0 Å². The van der Waals surface area contributed by atoms with Gasteiger partial charge in [-0.1, -0.05) is 24.3 Å². The second-order valence-electron chi connectivity index (χ2n) is 5.34. The smallest absolute Gasteiger partial charge is 0.270 e. The molecule has 0 bridgehead atoms. The van der Waals surface area contributed by atoms with Crippen molar-refractivity contribution in [1.82, 2.24) is 0 Å². The highest BCUT2D eigenvalue weighted by Gasteiger charge is 2.11. The zero-order chi connectivity index (χ0) is 18.4. The van der Waals surface area contributed by atoms with Crippen LogP contribution in [-0.4, -0.2) is 10.8 Å². The lowest BCUT2D eigenvalue weighted by molar-refractivity contribution is -0.384. The topological polar surface area (TPSA) is 97.0 Å². The van der Waals surface area contributed by atoms with Crippen molar-refractivity contribution in [3.63, 3.8) is 0 Å². The number of nitrogens with zero attached hydrogens (tertiary/aromatic N) is 3. The summed E-state index contributed by atoms with van der Waals surface area (Å²) in [6, 6.07) is 21.7. The maximum absolute atomic E-state index is 12.2. The second-order valence-corrected chi connectivity index (χ2v) is 5.34. The molecule has 0 saturated heterocycles. The minimum atomic E-state index is -0.538. The number of nitro groups is 1. The molecule has 0 saturated carbocycles. The molecular weight excluding hydrogens is 332 g/mol. The van der Waals surface area contributed by atoms with Gasteiger partial charge in [-0.3, -0.25) is 14.9 Å². The summed E-state index contributed by atoms with van der Waals surface area (Å²) in [5, 5.41) is 21.7. The first kappa shape index (κ1) is 17.0. The first-order chi connectivity index (χ1) is 12.6. The van der Waals surface area contributed by atoms with E-state index >= 15 is 0 Å². The average Bonchev–Trinajstić information content (AvgIpc) is 2.68. The van der Waals surface area contributed by atoms with Gasteiger partial charge in [-0.05, 0) is 42.5 Å². The predicted molar refractivity (Wildman–Crippen MR) is 98.1 cm³/mol. The minimum absolute atomic E-state index is 0.130. The quantitative estimate of drug-likeness (QED) is 0.387. The number of nitro benzene ring substituents is 1. The Morgan fingerprint density at radius 2 is 1.50 bits per heavy atom. The first-order valence-electron chi connectivity index (χ1n) is 7.74. The number of rotatable bonds is 5. The molecule has 0 unspecified atom stereocenters. The molecule has 0 fully saturated rings. The Labute approximate surface area is 149 Å². The minimum Gasteiger partial charge on any atom is -0.322 e. The van der Waals surface area contributed by atoms with E-state index in [9.17, 15) is 14.9 Å². The molecule has 1 amide bonds. The summed E-state index contributed by atoms with van der Waals surface area (Å²) in [7, 11) is 0. The van der Waals surface area contributed by atoms with Gasteiger partial charge in [0.15, 0.2) is 0 Å². The van der Waals surface area contributed by atoms with E-state index < -0.39 is 10.8 Å². The molecule has 3 rings (SSSR count). The lowest BCUT2D eigenvalue weighted by Gasteiger charge is -2.05. The standard InChI is InChI=1S/C19H14N4O3/c24-19(14-5-4-8-18(13-14)23(25)26)20-15-9-11-17(12-10-15)22-21-16-6-2-1-3-7-16/h1-13H,(H,20,24). The molecule has 3 aromatic carbocycles. The van der Waals surface area contributed by atoms with Crippen LogP contribution in [-0.2, 0) is 0 Å². The Balaban J connectivity index is 1.67. The van der Waals surface area contributed by atoms with Crippen molar-refractivity contribution in [1.29, 1.82) is 0 Å². The van der Waals surface area contributed by atoms with E-state index in [0.717, 1.165) is 5.69 Å². The molecule has 0 radical (unpaired) electrons. The van der Waals surface area contributed by atoms with Crippen LogP contribution in [0.15, 0.2) is 89.1 Å². The lowest BCUT2D eigenvalue weighted by atomic mass is 10.2. The number of carbonyl (C=O) groups excluding carboxylic acids is 1. The van der Waals surface area contributed by atoms with Gasteiger partial charge in [0.2, 0.25) is 0 Å². The van der Waals surface area contributed by atoms with Crippen molar-refractivity contribution in [3.8, 4) is 0 Å². The summed E-state index contributed by atoms with van der Waals surface area (Å²) in [6.07, 6.45) is 0. The number of hydrogen-bond donors (Lipinski definition) is 1. The average molecular weight is 346 g/mol. The molecule has 0 aliphatic rings. The number of carbonyl (C=O) groups is 1. The van der Waals surface area contributed by atoms with Crippen LogP contribution in [0.5, 0.6) is 0 Å². The molecule has 0 aromatic heterocycles. The van der Waals surface area contributed by atoms with Crippen LogP contribution in [0.25, 0.3) is 0 Å². The first-order valence-corrected chi connectivity index (χ1v) is 7.74. The van der Waals surface area contributed by atoms with Gasteiger partial charge in [0.05, 0.1) is 16.3 Å². The predicted octanol–water partition coefficient (Wildman–Crippen LogP) is 5.26. The number of anilines is 1. The maximum Gasteiger partial charge on any atom is 0.270 e. The largest absolute Gasteiger partial charge is 0.322 e. The number of hydrogen-bond acceptors (Lipinski definition) is 5. The summed E-state index contributed by atoms with van der Waals surface area (Å²) in [6.45, 7) is 0. The van der Waals surface area contributed by atoms with Crippen LogP contribution >= 0.6 is 0 Å². The van der Waals surface area contributed by atoms with Crippen molar-refractivity contribution in [2.24, 2.45) is 10.2 Å². The molecule has 3 aromatic rings. The summed E-state index contributed by atoms with van der Waals surface area (Å²) in [5.41, 5.74) is 2.03. The van der Waals surface area contributed by atoms with Crippen LogP contribution in [0.1, 0.15) is 10.4 Å². The third kappa shape index (κ3) is 4.35. The van der Waals surface area contributed by atoms with Crippen molar-refractivity contribution in [2.75, 3.05) is 5.32 Å². The zero-order valence-electron chi connectivity index (χ0n) is 13.6. The van der Waals surface area contributed by atoms with Gasteiger partial charge < -0.3 is 5.32 Å². The monoisotopic (exact) mass is 346 g/mol. The van der Waals surface area contributed by atoms with Gasteiger partial charge >= 0.3 is 0 Å². The Bertz CT molecular complexity index is 954. The lowest BCUT2D eigenvalue weighted by Crippen LogP contribution is -2.11. The molecule has 0 spiro atoms. The molecule has 0 aliphatic heterocycles. The van der Waals surface area contributed by atoms with Gasteiger partial charge in [-0.15, -0.1) is 0 Å². The summed E-state index contributed by atoms with van der Waals surface area (Å²) >= 11 is 0. The molecule has 0 heterocycles. The Kier molecular flexibility index (Phi) is 5.09. The van der Waals surface area contributed by atoms with Crippen molar-refractivity contribution in [3.05, 3.63) is 94.5 Å². The molecule has 0 atom stereocenters. The highest BCUT2D eigenvalue weighted by molar-refractivity contribution is 6.04. The molecule has 128 valence electrons. The van der Waals surface area contributed by atoms with E-state index in [1.54, 1.807) is 24.3 Å². The highest BCUT2D eigenvalue weighted by Crippen LogP contribution is 2.21. The summed E-state index contributed by atoms with van der Waals surface area (Å²) < 4.78 is 0. The fourth-order valence-electron chi connectivity index (χ4n) is 2.19. The fraction of sp³-hybridized carbons (Fsp3) is 0. The highest BCUT2D eigenvalue weighted by atomic mass is 16.6. The number of benzene rings is 3. The van der Waals surface area contributed by atoms with Crippen LogP contribution in [0, 0.1) is 10.1 Å². The summed E-state index contributed by atoms with van der Waals surface area (Å²) in [4.78, 5) is 22.5. The van der Waals surface area contributed by atoms with Crippen molar-refractivity contribution < 1.29 is 9.72 Å². The molecule has 0 aliphatic carbocycles. The molecule has 7 heteroatoms. The van der Waals surface area contributed by atoms with Gasteiger partial charge in [0.1, 0.15) is 0 Å². The van der Waals surface area contributed by atoms with Crippen LogP contribution in [0.3, 0.4) is 0 Å². The third-order valence-corrected chi connectivity index (χ3v) is 3.48. The van der Waals surface area contributed by atoms with Crippen LogP contribution < -0.4 is 5.32 Å². The SMILES string of the molecule is O=C(Nc1ccc(N=Nc2ccccc2)cc1)c1cccc([N+](=O)[O-])c1. The third-order valence-electron chi connectivity index (χ3n) is 3.48. The van der Waals surface area contributed by atoms with E-state index in [-0.39, 0.29) is 11.3 Å².